The summed E-state index contributed by atoms with van der Waals surface area (Å²) in [6, 6.07) is 4.02. The number of aromatic hydroxyl groups is 1. The average molecular weight is 413 g/mol. The number of phenolic OH excluding ortho intramolecular Hbond substituents is 1. The lowest BCUT2D eigenvalue weighted by Crippen LogP contribution is -2.33. The van der Waals surface area contributed by atoms with Gasteiger partial charge in [0.05, 0.1) is 0 Å². The molecule has 0 aliphatic carbocycles. The second-order valence-corrected chi connectivity index (χ2v) is 12.7. The molecule has 160 valence electrons. The average Bonchev–Trinajstić information content (AvgIpc) is 2.57. The van der Waals surface area contributed by atoms with Gasteiger partial charge in [-0.25, -0.2) is 0 Å². The molecule has 0 saturated carbocycles. The van der Waals surface area contributed by atoms with E-state index in [1.54, 1.807) is 13.8 Å². The summed E-state index contributed by atoms with van der Waals surface area (Å²) in [4.78, 5) is 12.9. The Morgan fingerprint density at radius 1 is 0.964 bits per heavy atom. The Morgan fingerprint density at radius 2 is 1.46 bits per heavy atom. The molecule has 0 unspecified atom stereocenters. The van der Waals surface area contributed by atoms with Crippen LogP contribution in [0, 0.1) is 0 Å². The molecule has 0 aliphatic rings. The largest absolute Gasteiger partial charge is 0.507 e. The molecule has 0 amide bonds. The zero-order valence-electron chi connectivity index (χ0n) is 19.1. The third-order valence-electron chi connectivity index (χ3n) is 5.33. The van der Waals surface area contributed by atoms with Crippen molar-refractivity contribution in [2.24, 2.45) is 0 Å². The van der Waals surface area contributed by atoms with Crippen LogP contribution in [0.15, 0.2) is 12.1 Å². The summed E-state index contributed by atoms with van der Waals surface area (Å²) >= 11 is 0. The number of hydrogen-bond donors (Lipinski definition) is 1. The lowest BCUT2D eigenvalue weighted by atomic mass is 9.78. The van der Waals surface area contributed by atoms with E-state index in [2.05, 4.69) is 47.6 Å². The van der Waals surface area contributed by atoms with Gasteiger partial charge < -0.3 is 14.2 Å². The minimum absolute atomic E-state index is 0.0897. The monoisotopic (exact) mass is 412 g/mol. The first-order chi connectivity index (χ1) is 12.5. The van der Waals surface area contributed by atoms with Crippen LogP contribution in [0.5, 0.6) is 5.75 Å². The molecule has 0 aliphatic heterocycles. The molecule has 28 heavy (non-hydrogen) atoms. The summed E-state index contributed by atoms with van der Waals surface area (Å²) < 4.78 is 22.8. The van der Waals surface area contributed by atoms with Crippen LogP contribution in [0.25, 0.3) is 0 Å². The molecule has 0 aromatic heterocycles. The number of hydrogen-bond acceptors (Lipinski definition) is 5. The molecule has 6 heteroatoms. The second-order valence-electron chi connectivity index (χ2n) is 9.88. The Bertz CT molecular complexity index is 758. The topological polar surface area (TPSA) is 72.8 Å². The Kier molecular flexibility index (Phi) is 7.37. The van der Waals surface area contributed by atoms with Crippen LogP contribution >= 0.6 is 7.60 Å². The molecule has 1 rings (SSSR count). The van der Waals surface area contributed by atoms with E-state index in [1.807, 2.05) is 6.07 Å². The molecule has 0 bridgehead atoms. The maximum atomic E-state index is 12.9. The van der Waals surface area contributed by atoms with Crippen molar-refractivity contribution in [3.05, 3.63) is 28.8 Å². The molecular weight excluding hydrogens is 375 g/mol. The van der Waals surface area contributed by atoms with Gasteiger partial charge in [-0.1, -0.05) is 53.7 Å². The van der Waals surface area contributed by atoms with Gasteiger partial charge in [0.15, 0.2) is 5.78 Å². The molecule has 5 nitrogen and oxygen atoms in total. The van der Waals surface area contributed by atoms with Gasteiger partial charge in [0, 0.05) is 20.6 Å². The summed E-state index contributed by atoms with van der Waals surface area (Å²) in [5, 5.41) is 9.60. The van der Waals surface area contributed by atoms with Crippen molar-refractivity contribution in [2.75, 3.05) is 14.2 Å². The molecule has 0 spiro atoms. The third kappa shape index (κ3) is 5.06. The van der Waals surface area contributed by atoms with Gasteiger partial charge in [-0.3, -0.25) is 9.36 Å². The first-order valence-electron chi connectivity index (χ1n) is 9.63. The van der Waals surface area contributed by atoms with Gasteiger partial charge in [-0.05, 0) is 47.8 Å². The van der Waals surface area contributed by atoms with Gasteiger partial charge in [0.2, 0.25) is 0 Å². The van der Waals surface area contributed by atoms with Gasteiger partial charge in [-0.15, -0.1) is 0 Å². The lowest BCUT2D eigenvalue weighted by Gasteiger charge is -2.30. The quantitative estimate of drug-likeness (QED) is 0.577. The van der Waals surface area contributed by atoms with Crippen LogP contribution in [0.4, 0.5) is 0 Å². The first-order valence-corrected chi connectivity index (χ1v) is 11.2. The highest BCUT2D eigenvalue weighted by Crippen LogP contribution is 2.59. The van der Waals surface area contributed by atoms with Crippen molar-refractivity contribution in [3.63, 3.8) is 0 Å². The fourth-order valence-electron chi connectivity index (χ4n) is 3.13. The van der Waals surface area contributed by atoms with E-state index in [-0.39, 0.29) is 28.8 Å². The minimum Gasteiger partial charge on any atom is -0.507 e. The van der Waals surface area contributed by atoms with Crippen LogP contribution < -0.4 is 0 Å². The molecule has 0 atom stereocenters. The molecule has 1 aromatic rings. The van der Waals surface area contributed by atoms with Crippen LogP contribution in [-0.2, 0) is 35.7 Å². The van der Waals surface area contributed by atoms with Gasteiger partial charge in [0.25, 0.3) is 0 Å². The predicted octanol–water partition coefficient (Wildman–Crippen LogP) is 5.75. The Morgan fingerprint density at radius 3 is 1.86 bits per heavy atom. The minimum atomic E-state index is -3.56. The number of phenols is 1. The molecule has 0 heterocycles. The first kappa shape index (κ1) is 24.9. The van der Waals surface area contributed by atoms with E-state index in [0.29, 0.717) is 6.42 Å². The molecule has 1 aromatic carbocycles. The normalized spacial score (nSPS) is 13.6. The molecule has 0 fully saturated rings. The van der Waals surface area contributed by atoms with E-state index in [4.69, 9.17) is 9.05 Å². The number of Topliss-reactive ketones (excluding diaryl/α,β-unsaturated/α-hetero) is 1. The van der Waals surface area contributed by atoms with E-state index in [9.17, 15) is 14.5 Å². The van der Waals surface area contributed by atoms with E-state index in [0.717, 1.165) is 16.7 Å². The van der Waals surface area contributed by atoms with E-state index in [1.165, 1.54) is 14.2 Å². The number of carbonyl (C=O) groups is 1. The summed E-state index contributed by atoms with van der Waals surface area (Å²) in [5.41, 5.74) is 2.38. The van der Waals surface area contributed by atoms with Crippen LogP contribution in [0.3, 0.4) is 0 Å². The Hall–Kier alpha value is -1.16. The maximum Gasteiger partial charge on any atom is 0.343 e. The van der Waals surface area contributed by atoms with E-state index >= 15 is 0 Å². The number of rotatable bonds is 7. The molecule has 0 radical (unpaired) electrons. The van der Waals surface area contributed by atoms with Crippen LogP contribution in [0.1, 0.15) is 78.5 Å². The molecule has 1 N–H and O–H groups in total. The fraction of sp³-hybridized carbons (Fsp3) is 0.682. The maximum absolute atomic E-state index is 12.9. The van der Waals surface area contributed by atoms with Crippen molar-refractivity contribution in [2.45, 2.75) is 84.2 Å². The highest BCUT2D eigenvalue weighted by atomic mass is 31.2. The highest BCUT2D eigenvalue weighted by Gasteiger charge is 2.47. The number of aryl methyl sites for hydroxylation is 1. The second kappa shape index (κ2) is 8.30. The van der Waals surface area contributed by atoms with Crippen molar-refractivity contribution in [1.82, 2.24) is 0 Å². The van der Waals surface area contributed by atoms with Crippen molar-refractivity contribution < 1.29 is 23.5 Å². The third-order valence-corrected chi connectivity index (χ3v) is 7.91. The summed E-state index contributed by atoms with van der Waals surface area (Å²) in [6.07, 6.45) is 0.489. The fourth-order valence-corrected chi connectivity index (χ4v) is 4.61. The van der Waals surface area contributed by atoms with Gasteiger partial charge >= 0.3 is 7.60 Å². The number of carbonyl (C=O) groups excluding carboxylic acids is 1. The zero-order valence-corrected chi connectivity index (χ0v) is 20.0. The van der Waals surface area contributed by atoms with Crippen LogP contribution in [0.2, 0.25) is 0 Å². The summed E-state index contributed by atoms with van der Waals surface area (Å²) in [5.74, 6) is 0.00479. The summed E-state index contributed by atoms with van der Waals surface area (Å²) in [7, 11) is -0.987. The SMILES string of the molecule is COP(=O)(OC)C(C)(C)C(=O)CCc1cc(C(C)(C)C)cc(C(C)(C)C)c1O. The number of ketones is 1. The Balaban J connectivity index is 3.29. The highest BCUT2D eigenvalue weighted by molar-refractivity contribution is 7.56. The summed E-state index contributed by atoms with van der Waals surface area (Å²) in [6.45, 7) is 15.7. The van der Waals surface area contributed by atoms with Crippen LogP contribution in [-0.4, -0.2) is 30.3 Å². The van der Waals surface area contributed by atoms with Gasteiger partial charge in [0.1, 0.15) is 10.9 Å². The van der Waals surface area contributed by atoms with Crippen molar-refractivity contribution in [1.29, 1.82) is 0 Å². The van der Waals surface area contributed by atoms with Gasteiger partial charge in [-0.2, -0.15) is 0 Å². The number of benzene rings is 1. The van der Waals surface area contributed by atoms with Crippen molar-refractivity contribution >= 4 is 13.4 Å². The smallest absolute Gasteiger partial charge is 0.343 e. The Labute approximate surface area is 170 Å². The molecule has 0 saturated heterocycles. The molecular formula is C22H37O5P. The van der Waals surface area contributed by atoms with Crippen molar-refractivity contribution in [3.8, 4) is 5.75 Å². The lowest BCUT2D eigenvalue weighted by molar-refractivity contribution is -0.121. The predicted molar refractivity (Wildman–Crippen MR) is 115 cm³/mol. The van der Waals surface area contributed by atoms with E-state index < -0.39 is 12.8 Å². The zero-order chi connectivity index (χ0) is 22.1. The standard InChI is InChI=1S/C22H37O5P/c1-20(2,3)16-13-15(19(24)17(14-16)21(4,5)6)11-12-18(23)22(7,8)28(25,26-9)27-10/h13-14,24H,11-12H2,1-10H3.